The molecule has 0 fully saturated rings. The van der Waals surface area contributed by atoms with Gasteiger partial charge >= 0.3 is 12.4 Å². The Labute approximate surface area is 209 Å². The molecule has 37 heavy (non-hydrogen) atoms. The molecule has 0 atom stereocenters. The minimum Gasteiger partial charge on any atom is -0.483 e. The van der Waals surface area contributed by atoms with Crippen LogP contribution in [0.5, 0.6) is 11.6 Å². The van der Waals surface area contributed by atoms with Gasteiger partial charge in [0.15, 0.2) is 5.75 Å². The number of allylic oxidation sites excluding steroid dienone is 3. The smallest absolute Gasteiger partial charge is 0.416 e. The number of hydrogen-bond acceptors (Lipinski definition) is 4. The number of aromatic nitrogens is 2. The summed E-state index contributed by atoms with van der Waals surface area (Å²) < 4.78 is 91.2. The second-order valence-electron chi connectivity index (χ2n) is 8.45. The molecule has 0 radical (unpaired) electrons. The molecule has 1 heterocycles. The standard InChI is InChI=1S/C27H22F6N2O2/c28-26(29,30)21-11-20(12-22(14-21)27(31,32)33)13-23-15-24(36-16-18-7-3-1-4-8-18)25(35-34-23)37-17-19-9-5-2-6-10-19/h1-5,7-9,11-12,14-15H,6,10,13,16-17H2. The number of halogens is 6. The van der Waals surface area contributed by atoms with Crippen molar-refractivity contribution in [2.75, 3.05) is 6.61 Å². The minimum absolute atomic E-state index is 0.0788. The first-order chi connectivity index (χ1) is 17.6. The molecule has 0 N–H and O–H groups in total. The SMILES string of the molecule is FC(F)(F)c1cc(Cc2cc(OCc3ccccc3)c(OCC3=CC=CCC3)nn2)cc(C(F)(F)F)c1. The van der Waals surface area contributed by atoms with Gasteiger partial charge in [-0.3, -0.25) is 0 Å². The molecule has 1 aliphatic rings. The number of benzene rings is 2. The van der Waals surface area contributed by atoms with Crippen LogP contribution in [-0.2, 0) is 25.4 Å². The largest absolute Gasteiger partial charge is 0.483 e. The molecule has 0 aliphatic heterocycles. The Morgan fingerprint density at radius 2 is 1.46 bits per heavy atom. The second-order valence-corrected chi connectivity index (χ2v) is 8.45. The van der Waals surface area contributed by atoms with Gasteiger partial charge in [-0.2, -0.15) is 31.4 Å². The van der Waals surface area contributed by atoms with Crippen LogP contribution in [0.3, 0.4) is 0 Å². The predicted octanol–water partition coefficient (Wildman–Crippen LogP) is 7.34. The zero-order valence-electron chi connectivity index (χ0n) is 19.4. The minimum atomic E-state index is -4.94. The monoisotopic (exact) mass is 520 g/mol. The van der Waals surface area contributed by atoms with E-state index in [4.69, 9.17) is 9.47 Å². The third-order valence-corrected chi connectivity index (χ3v) is 5.54. The summed E-state index contributed by atoms with van der Waals surface area (Å²) in [5, 5.41) is 8.01. The summed E-state index contributed by atoms with van der Waals surface area (Å²) in [6, 6.07) is 12.1. The maximum absolute atomic E-state index is 13.3. The third kappa shape index (κ3) is 7.34. The van der Waals surface area contributed by atoms with Gasteiger partial charge in [-0.1, -0.05) is 48.6 Å². The molecule has 0 saturated carbocycles. The second kappa shape index (κ2) is 11.1. The molecule has 2 aromatic carbocycles. The van der Waals surface area contributed by atoms with E-state index in [2.05, 4.69) is 10.2 Å². The molecule has 0 spiro atoms. The maximum Gasteiger partial charge on any atom is 0.416 e. The lowest BCUT2D eigenvalue weighted by Gasteiger charge is -2.16. The van der Waals surface area contributed by atoms with E-state index in [1.54, 1.807) is 0 Å². The molecule has 4 nitrogen and oxygen atoms in total. The van der Waals surface area contributed by atoms with E-state index in [9.17, 15) is 26.3 Å². The number of hydrogen-bond donors (Lipinski definition) is 0. The summed E-state index contributed by atoms with van der Waals surface area (Å²) in [5.74, 6) is 0.263. The highest BCUT2D eigenvalue weighted by Gasteiger charge is 2.37. The van der Waals surface area contributed by atoms with E-state index in [1.807, 2.05) is 48.6 Å². The molecular weight excluding hydrogens is 498 g/mol. The molecule has 10 heteroatoms. The van der Waals surface area contributed by atoms with Crippen LogP contribution in [0.4, 0.5) is 26.3 Å². The quantitative estimate of drug-likeness (QED) is 0.292. The molecule has 4 rings (SSSR count). The van der Waals surface area contributed by atoms with Gasteiger partial charge in [-0.25, -0.2) is 0 Å². The molecule has 0 unspecified atom stereocenters. The van der Waals surface area contributed by atoms with Crippen molar-refractivity contribution >= 4 is 0 Å². The highest BCUT2D eigenvalue weighted by Crippen LogP contribution is 2.37. The van der Waals surface area contributed by atoms with Crippen LogP contribution in [0.2, 0.25) is 0 Å². The first-order valence-corrected chi connectivity index (χ1v) is 11.4. The van der Waals surface area contributed by atoms with Gasteiger partial charge in [0.1, 0.15) is 13.2 Å². The van der Waals surface area contributed by atoms with Crippen molar-refractivity contribution < 1.29 is 35.8 Å². The average Bonchev–Trinajstić information content (AvgIpc) is 2.87. The average molecular weight is 520 g/mol. The van der Waals surface area contributed by atoms with Crippen molar-refractivity contribution in [2.24, 2.45) is 0 Å². The fourth-order valence-corrected chi connectivity index (χ4v) is 3.69. The van der Waals surface area contributed by atoms with Crippen LogP contribution in [0.1, 0.15) is 40.8 Å². The van der Waals surface area contributed by atoms with E-state index in [0.717, 1.165) is 24.0 Å². The first-order valence-electron chi connectivity index (χ1n) is 11.4. The molecule has 0 bridgehead atoms. The van der Waals surface area contributed by atoms with Gasteiger partial charge in [0, 0.05) is 12.5 Å². The van der Waals surface area contributed by atoms with E-state index in [-0.39, 0.29) is 48.6 Å². The van der Waals surface area contributed by atoms with Crippen molar-refractivity contribution in [3.63, 3.8) is 0 Å². The fraction of sp³-hybridized carbons (Fsp3) is 0.259. The first kappa shape index (κ1) is 26.2. The highest BCUT2D eigenvalue weighted by atomic mass is 19.4. The van der Waals surface area contributed by atoms with Gasteiger partial charge < -0.3 is 9.47 Å². The predicted molar refractivity (Wildman–Crippen MR) is 124 cm³/mol. The molecule has 0 saturated heterocycles. The Morgan fingerprint density at radius 3 is 2.08 bits per heavy atom. The molecule has 0 amide bonds. The van der Waals surface area contributed by atoms with Crippen molar-refractivity contribution in [3.8, 4) is 11.6 Å². The van der Waals surface area contributed by atoms with Gasteiger partial charge in [0.05, 0.1) is 16.8 Å². The summed E-state index contributed by atoms with van der Waals surface area (Å²) in [6.07, 6.45) is -2.61. The van der Waals surface area contributed by atoms with E-state index >= 15 is 0 Å². The Morgan fingerprint density at radius 1 is 0.757 bits per heavy atom. The van der Waals surface area contributed by atoms with Crippen LogP contribution in [-0.4, -0.2) is 16.8 Å². The summed E-state index contributed by atoms with van der Waals surface area (Å²) in [4.78, 5) is 0. The third-order valence-electron chi connectivity index (χ3n) is 5.54. The Bertz CT molecular complexity index is 1250. The van der Waals surface area contributed by atoms with Crippen LogP contribution in [0.15, 0.2) is 78.4 Å². The lowest BCUT2D eigenvalue weighted by Crippen LogP contribution is -2.12. The Hall–Kier alpha value is -3.82. The van der Waals surface area contributed by atoms with Gasteiger partial charge in [0.25, 0.3) is 5.88 Å². The maximum atomic E-state index is 13.3. The zero-order valence-corrected chi connectivity index (χ0v) is 19.4. The molecule has 1 aromatic heterocycles. The van der Waals surface area contributed by atoms with E-state index in [1.165, 1.54) is 6.07 Å². The normalized spacial score (nSPS) is 13.8. The molecule has 1 aliphatic carbocycles. The van der Waals surface area contributed by atoms with E-state index in [0.29, 0.717) is 12.1 Å². The Balaban J connectivity index is 1.61. The lowest BCUT2D eigenvalue weighted by molar-refractivity contribution is -0.143. The van der Waals surface area contributed by atoms with Gasteiger partial charge in [-0.15, -0.1) is 5.10 Å². The summed E-state index contributed by atoms with van der Waals surface area (Å²) >= 11 is 0. The molecule has 3 aromatic rings. The molecular formula is C27H22F6N2O2. The van der Waals surface area contributed by atoms with E-state index < -0.39 is 23.5 Å². The van der Waals surface area contributed by atoms with Crippen LogP contribution < -0.4 is 9.47 Å². The number of nitrogens with zero attached hydrogens (tertiary/aromatic N) is 2. The van der Waals surface area contributed by atoms with Crippen molar-refractivity contribution in [1.29, 1.82) is 0 Å². The van der Waals surface area contributed by atoms with Crippen molar-refractivity contribution in [2.45, 2.75) is 38.2 Å². The van der Waals surface area contributed by atoms with Crippen molar-refractivity contribution in [3.05, 3.63) is 106 Å². The summed E-state index contributed by atoms with van der Waals surface area (Å²) in [5.41, 5.74) is -0.979. The van der Waals surface area contributed by atoms with Crippen LogP contribution >= 0.6 is 0 Å². The summed E-state index contributed by atoms with van der Waals surface area (Å²) in [6.45, 7) is 0.387. The van der Waals surface area contributed by atoms with Gasteiger partial charge in [0.2, 0.25) is 0 Å². The number of ether oxygens (including phenoxy) is 2. The molecule has 194 valence electrons. The summed E-state index contributed by atoms with van der Waals surface area (Å²) in [7, 11) is 0. The Kier molecular flexibility index (Phi) is 7.85. The van der Waals surface area contributed by atoms with Gasteiger partial charge in [-0.05, 0) is 47.7 Å². The number of alkyl halides is 6. The van der Waals surface area contributed by atoms with Crippen LogP contribution in [0, 0.1) is 0 Å². The lowest BCUT2D eigenvalue weighted by atomic mass is 10.0. The van der Waals surface area contributed by atoms with Crippen molar-refractivity contribution in [1.82, 2.24) is 10.2 Å². The van der Waals surface area contributed by atoms with Crippen LogP contribution in [0.25, 0.3) is 0 Å². The highest BCUT2D eigenvalue weighted by molar-refractivity contribution is 5.39. The fourth-order valence-electron chi connectivity index (χ4n) is 3.69. The topological polar surface area (TPSA) is 44.2 Å². The number of rotatable bonds is 8. The zero-order chi connectivity index (χ0) is 26.5.